The summed E-state index contributed by atoms with van der Waals surface area (Å²) < 4.78 is 103. The van der Waals surface area contributed by atoms with Gasteiger partial charge in [-0.15, -0.1) is 12.4 Å². The number of hydrogen-bond acceptors (Lipinski definition) is 17. The Balaban J connectivity index is 0.000000195. The topological polar surface area (TPSA) is 179 Å². The van der Waals surface area contributed by atoms with Crippen molar-refractivity contribution in [2.24, 2.45) is 0 Å². The molecule has 4 aromatic heterocycles. The molecule has 0 aromatic carbocycles. The van der Waals surface area contributed by atoms with Crippen LogP contribution in [0.25, 0.3) is 22.8 Å². The number of nitrogens with two attached hydrogens (primary N) is 1. The molecule has 4 aliphatic rings. The lowest BCUT2D eigenvalue weighted by Crippen LogP contribution is -2.40. The number of rotatable bonds is 6. The molecular formula is C35H42ClF6N13O4. The standard InChI is InChI=1S/C18H21F3N6O2.C17H20F3N7O2.ClH/c1-12-10-14(18(19,20)21)13(11-22-12)15-23-16(26-2-6-28-7-3-26)25-17(24-15)27-4-8-29-9-5-27;18-17(19,20)12-9-13(21)22-10-11(12)14-23-15(26-1-5-28-6-2-26)25-16(24-14)27-3-7-29-8-4-27;/h10-11H,2-9H2,1H3;9-10H,1-8H2,(H2,21,22);1H. The fourth-order valence-corrected chi connectivity index (χ4v) is 6.42. The lowest BCUT2D eigenvalue weighted by atomic mass is 10.1. The molecule has 8 heterocycles. The highest BCUT2D eigenvalue weighted by atomic mass is 35.5. The van der Waals surface area contributed by atoms with Gasteiger partial charge in [0.05, 0.1) is 75.1 Å². The Labute approximate surface area is 340 Å². The van der Waals surface area contributed by atoms with Gasteiger partial charge in [0.1, 0.15) is 5.82 Å². The van der Waals surface area contributed by atoms with E-state index in [9.17, 15) is 26.3 Å². The molecule has 0 bridgehead atoms. The Kier molecular flexibility index (Phi) is 14.0. The van der Waals surface area contributed by atoms with E-state index in [1.165, 1.54) is 13.1 Å². The van der Waals surface area contributed by atoms with Gasteiger partial charge in [-0.3, -0.25) is 4.98 Å². The van der Waals surface area contributed by atoms with Crippen LogP contribution in [0.2, 0.25) is 0 Å². The normalized spacial score (nSPS) is 17.9. The smallest absolute Gasteiger partial charge is 0.384 e. The van der Waals surface area contributed by atoms with Gasteiger partial charge in [-0.25, -0.2) is 4.98 Å². The number of aryl methyl sites for hydroxylation is 1. The molecule has 4 aliphatic heterocycles. The van der Waals surface area contributed by atoms with Crippen LogP contribution in [0.5, 0.6) is 0 Å². The van der Waals surface area contributed by atoms with Crippen molar-refractivity contribution in [2.75, 3.05) is 131 Å². The van der Waals surface area contributed by atoms with Gasteiger partial charge >= 0.3 is 12.4 Å². The van der Waals surface area contributed by atoms with Gasteiger partial charge in [0.2, 0.25) is 23.8 Å². The largest absolute Gasteiger partial charge is 0.417 e. The Morgan fingerprint density at radius 3 is 1.12 bits per heavy atom. The third-order valence-electron chi connectivity index (χ3n) is 9.46. The molecule has 2 N–H and O–H groups in total. The summed E-state index contributed by atoms with van der Waals surface area (Å²) in [5.74, 6) is 0.944. The van der Waals surface area contributed by atoms with Gasteiger partial charge in [0, 0.05) is 70.4 Å². The number of ether oxygens (including phenoxy) is 4. The van der Waals surface area contributed by atoms with Crippen LogP contribution in [0.15, 0.2) is 24.5 Å². The van der Waals surface area contributed by atoms with E-state index in [4.69, 9.17) is 24.7 Å². The molecule has 0 radical (unpaired) electrons. The minimum Gasteiger partial charge on any atom is -0.384 e. The third kappa shape index (κ3) is 10.8. The predicted octanol–water partition coefficient (Wildman–Crippen LogP) is 3.56. The van der Waals surface area contributed by atoms with Gasteiger partial charge in [0.15, 0.2) is 11.6 Å². The first-order valence-corrected chi connectivity index (χ1v) is 18.5. The van der Waals surface area contributed by atoms with Gasteiger partial charge in [-0.1, -0.05) is 0 Å². The van der Waals surface area contributed by atoms with E-state index in [1.807, 2.05) is 19.6 Å². The molecule has 0 spiro atoms. The van der Waals surface area contributed by atoms with E-state index >= 15 is 0 Å². The van der Waals surface area contributed by atoms with E-state index < -0.39 is 23.5 Å². The van der Waals surface area contributed by atoms with Gasteiger partial charge in [0.25, 0.3) is 0 Å². The van der Waals surface area contributed by atoms with E-state index in [1.54, 1.807) is 0 Å². The summed E-state index contributed by atoms with van der Waals surface area (Å²) in [6, 6.07) is 1.81. The fourth-order valence-electron chi connectivity index (χ4n) is 6.42. The van der Waals surface area contributed by atoms with Crippen molar-refractivity contribution < 1.29 is 45.3 Å². The summed E-state index contributed by atoms with van der Waals surface area (Å²) in [4.78, 5) is 41.9. The molecule has 24 heteroatoms. The molecule has 0 unspecified atom stereocenters. The Morgan fingerprint density at radius 2 is 0.797 bits per heavy atom. The summed E-state index contributed by atoms with van der Waals surface area (Å²) in [6.07, 6.45) is -6.94. The zero-order valence-corrected chi connectivity index (χ0v) is 32.7. The van der Waals surface area contributed by atoms with Crippen molar-refractivity contribution in [3.05, 3.63) is 41.3 Å². The zero-order chi connectivity index (χ0) is 40.9. The summed E-state index contributed by atoms with van der Waals surface area (Å²) in [6.45, 7) is 9.91. The van der Waals surface area contributed by atoms with Crippen LogP contribution < -0.4 is 25.3 Å². The van der Waals surface area contributed by atoms with Crippen LogP contribution in [0.4, 0.5) is 56.0 Å². The van der Waals surface area contributed by atoms with Crippen molar-refractivity contribution in [3.63, 3.8) is 0 Å². The third-order valence-corrected chi connectivity index (χ3v) is 9.46. The highest BCUT2D eigenvalue weighted by Crippen LogP contribution is 2.38. The van der Waals surface area contributed by atoms with E-state index in [0.717, 1.165) is 18.3 Å². The van der Waals surface area contributed by atoms with Crippen LogP contribution >= 0.6 is 12.4 Å². The second kappa shape index (κ2) is 19.0. The summed E-state index contributed by atoms with van der Waals surface area (Å²) in [5, 5.41) is 0. The second-order valence-electron chi connectivity index (χ2n) is 13.4. The number of nitrogens with zero attached hydrogens (tertiary/aromatic N) is 12. The van der Waals surface area contributed by atoms with Gasteiger partial charge in [-0.2, -0.15) is 56.2 Å². The average molecular weight is 858 g/mol. The molecule has 59 heavy (non-hydrogen) atoms. The zero-order valence-electron chi connectivity index (χ0n) is 31.9. The lowest BCUT2D eigenvalue weighted by molar-refractivity contribution is -0.138. The molecule has 4 fully saturated rings. The monoisotopic (exact) mass is 857 g/mol. The molecule has 0 atom stereocenters. The van der Waals surface area contributed by atoms with Crippen molar-refractivity contribution in [3.8, 4) is 22.8 Å². The number of hydrogen-bond donors (Lipinski definition) is 1. The van der Waals surface area contributed by atoms with E-state index in [0.29, 0.717) is 129 Å². The maximum absolute atomic E-state index is 13.7. The van der Waals surface area contributed by atoms with Crippen LogP contribution in [0.3, 0.4) is 0 Å². The lowest BCUT2D eigenvalue weighted by Gasteiger charge is -2.30. The number of halogens is 7. The maximum atomic E-state index is 13.7. The first-order valence-electron chi connectivity index (χ1n) is 18.5. The highest BCUT2D eigenvalue weighted by Gasteiger charge is 2.37. The molecule has 4 aromatic rings. The van der Waals surface area contributed by atoms with Crippen LogP contribution in [0.1, 0.15) is 16.8 Å². The Morgan fingerprint density at radius 1 is 0.492 bits per heavy atom. The van der Waals surface area contributed by atoms with E-state index in [2.05, 4.69) is 39.9 Å². The molecule has 4 saturated heterocycles. The first-order chi connectivity index (χ1) is 27.8. The second-order valence-corrected chi connectivity index (χ2v) is 13.4. The minimum absolute atomic E-state index is 0. The summed E-state index contributed by atoms with van der Waals surface area (Å²) in [5.41, 5.74) is 3.63. The van der Waals surface area contributed by atoms with Crippen LogP contribution in [-0.4, -0.2) is 145 Å². The van der Waals surface area contributed by atoms with Crippen molar-refractivity contribution in [2.45, 2.75) is 19.3 Å². The van der Waals surface area contributed by atoms with Crippen molar-refractivity contribution >= 4 is 42.0 Å². The molecule has 8 rings (SSSR count). The van der Waals surface area contributed by atoms with Gasteiger partial charge < -0.3 is 44.3 Å². The number of morpholine rings is 4. The van der Waals surface area contributed by atoms with Crippen LogP contribution in [0, 0.1) is 6.92 Å². The molecular weight excluding hydrogens is 816 g/mol. The van der Waals surface area contributed by atoms with E-state index in [-0.39, 0.29) is 46.7 Å². The fraction of sp³-hybridized carbons (Fsp3) is 0.543. The average Bonchev–Trinajstić information content (AvgIpc) is 3.24. The minimum atomic E-state index is -4.63. The first kappa shape index (κ1) is 43.6. The number of pyridine rings is 2. The molecule has 0 aliphatic carbocycles. The summed E-state index contributed by atoms with van der Waals surface area (Å²) >= 11 is 0. The number of aromatic nitrogens is 8. The highest BCUT2D eigenvalue weighted by molar-refractivity contribution is 5.85. The SMILES string of the molecule is Cc1cc(C(F)(F)F)c(-c2nc(N3CCOCC3)nc(N3CCOCC3)n2)cn1.Cl.Nc1cc(C(F)(F)F)c(-c2nc(N3CCOCC3)nc(N3CCOCC3)n2)cn1. The Hall–Kier alpha value is -4.97. The maximum Gasteiger partial charge on any atom is 0.417 e. The molecule has 17 nitrogen and oxygen atoms in total. The quantitative estimate of drug-likeness (QED) is 0.278. The van der Waals surface area contributed by atoms with Crippen molar-refractivity contribution in [1.82, 2.24) is 39.9 Å². The molecule has 0 amide bonds. The van der Waals surface area contributed by atoms with Crippen molar-refractivity contribution in [1.29, 1.82) is 0 Å². The predicted molar refractivity (Wildman–Crippen MR) is 205 cm³/mol. The van der Waals surface area contributed by atoms with Crippen LogP contribution in [-0.2, 0) is 31.3 Å². The molecule has 320 valence electrons. The summed E-state index contributed by atoms with van der Waals surface area (Å²) in [7, 11) is 0. The van der Waals surface area contributed by atoms with Gasteiger partial charge in [-0.05, 0) is 19.1 Å². The molecule has 0 saturated carbocycles. The number of nitrogen functional groups attached to an aromatic ring is 1. The Bertz CT molecular complexity index is 1810. The number of anilines is 5. The number of alkyl halides is 6.